The molecule has 3 heterocycles. The lowest BCUT2D eigenvalue weighted by molar-refractivity contribution is -0.143. The molecule has 210 valence electrons. The van der Waals surface area contributed by atoms with Crippen molar-refractivity contribution in [2.24, 2.45) is 5.16 Å². The van der Waals surface area contributed by atoms with E-state index < -0.39 is 69.7 Å². The molecule has 2 aromatic heterocycles. The number of phenolic OH excluding ortho intramolecular Hbond substituents is 2. The molecule has 3 amide bonds. The number of anilines is 1. The Kier molecular flexibility index (Phi) is 7.48. The van der Waals surface area contributed by atoms with Crippen molar-refractivity contribution in [3.05, 3.63) is 34.6 Å². The number of aromatic hydroxyl groups is 2. The first-order valence-electron chi connectivity index (χ1n) is 10.7. The molecule has 6 N–H and O–H groups in total. The van der Waals surface area contributed by atoms with Gasteiger partial charge in [0, 0.05) is 17.5 Å². The SMILES string of the molecule is C[C@H]1[C@@H](NC(=O)C(=NOCc2nc3cc(O)c(O)cc3nc2C(=O)O)c2csc(NC=O)n2)C(=O)N1S(=O)(=O)O. The summed E-state index contributed by atoms with van der Waals surface area (Å²) < 4.78 is 32.0. The molecule has 18 nitrogen and oxygen atoms in total. The van der Waals surface area contributed by atoms with E-state index in [2.05, 4.69) is 30.7 Å². The zero-order chi connectivity index (χ0) is 29.4. The zero-order valence-corrected chi connectivity index (χ0v) is 21.5. The fourth-order valence-corrected chi connectivity index (χ4v) is 5.10. The number of fused-ring (bicyclic) bond motifs is 1. The number of carboxylic acid groups (broad SMARTS) is 1. The molecular weight excluding hydrogens is 578 g/mol. The van der Waals surface area contributed by atoms with Crippen LogP contribution in [0, 0.1) is 0 Å². The van der Waals surface area contributed by atoms with Crippen molar-refractivity contribution in [3.63, 3.8) is 0 Å². The van der Waals surface area contributed by atoms with Crippen LogP contribution in [0.4, 0.5) is 5.13 Å². The van der Waals surface area contributed by atoms with Gasteiger partial charge in [0.05, 0.1) is 17.1 Å². The lowest BCUT2D eigenvalue weighted by Crippen LogP contribution is -2.71. The Balaban J connectivity index is 1.62. The first-order chi connectivity index (χ1) is 18.8. The zero-order valence-electron chi connectivity index (χ0n) is 19.9. The Hall–Kier alpha value is -4.95. The minimum absolute atomic E-state index is 0.00537. The van der Waals surface area contributed by atoms with Crippen LogP contribution in [0.5, 0.6) is 11.5 Å². The van der Waals surface area contributed by atoms with Crippen molar-refractivity contribution < 1.29 is 52.3 Å². The Morgan fingerprint density at radius 3 is 2.42 bits per heavy atom. The van der Waals surface area contributed by atoms with Gasteiger partial charge >= 0.3 is 16.3 Å². The molecule has 0 aliphatic carbocycles. The third-order valence-electron chi connectivity index (χ3n) is 5.41. The molecule has 3 aromatic rings. The van der Waals surface area contributed by atoms with E-state index in [0.29, 0.717) is 6.41 Å². The summed E-state index contributed by atoms with van der Waals surface area (Å²) in [6, 6.07) is -0.453. The molecule has 1 aromatic carbocycles. The summed E-state index contributed by atoms with van der Waals surface area (Å²) in [4.78, 5) is 64.8. The summed E-state index contributed by atoms with van der Waals surface area (Å²) in [6.07, 6.45) is 0.331. The Bertz CT molecular complexity index is 1690. The molecule has 1 aliphatic heterocycles. The second kappa shape index (κ2) is 10.7. The molecule has 0 radical (unpaired) electrons. The van der Waals surface area contributed by atoms with E-state index in [-0.39, 0.29) is 31.9 Å². The molecule has 1 saturated heterocycles. The highest BCUT2D eigenvalue weighted by Gasteiger charge is 2.51. The molecule has 0 unspecified atom stereocenters. The van der Waals surface area contributed by atoms with Crippen LogP contribution in [0.15, 0.2) is 22.7 Å². The lowest BCUT2D eigenvalue weighted by Gasteiger charge is -2.42. The summed E-state index contributed by atoms with van der Waals surface area (Å²) in [5.41, 5.74) is -1.58. The van der Waals surface area contributed by atoms with Crippen LogP contribution in [0.3, 0.4) is 0 Å². The minimum Gasteiger partial charge on any atom is -0.504 e. The Morgan fingerprint density at radius 2 is 1.85 bits per heavy atom. The van der Waals surface area contributed by atoms with Gasteiger partial charge in [-0.15, -0.1) is 11.3 Å². The standard InChI is InChI=1S/C20H17N7O11S2/c1-7-14(18(32)27(7)40(35,36)37)25-17(31)15(11-5-39-20(24-11)21-6-28)26-38-4-10-16(19(33)34)23-9-3-13(30)12(29)2-8(9)22-10/h2-3,5-7,14,29-30H,4H2,1H3,(H,25,31)(H,33,34)(H,21,24,28)(H,35,36,37)/t7-,14+/m0/s1. The number of carbonyl (C=O) groups excluding carboxylic acids is 3. The van der Waals surface area contributed by atoms with Gasteiger partial charge in [-0.25, -0.2) is 24.1 Å². The fourth-order valence-electron chi connectivity index (χ4n) is 3.56. The van der Waals surface area contributed by atoms with Crippen molar-refractivity contribution in [2.75, 3.05) is 5.32 Å². The smallest absolute Gasteiger partial charge is 0.362 e. The average Bonchev–Trinajstić information content (AvgIpc) is 3.33. The number of benzene rings is 1. The number of amides is 3. The number of carbonyl (C=O) groups is 4. The van der Waals surface area contributed by atoms with Gasteiger partial charge in [0.1, 0.15) is 17.4 Å². The van der Waals surface area contributed by atoms with Crippen LogP contribution in [-0.4, -0.2) is 89.5 Å². The predicted molar refractivity (Wildman–Crippen MR) is 133 cm³/mol. The van der Waals surface area contributed by atoms with Crippen molar-refractivity contribution in [2.45, 2.75) is 25.6 Å². The summed E-state index contributed by atoms with van der Waals surface area (Å²) in [5, 5.41) is 38.5. The number of hydrogen-bond acceptors (Lipinski definition) is 14. The minimum atomic E-state index is -4.85. The highest BCUT2D eigenvalue weighted by Crippen LogP contribution is 2.29. The summed E-state index contributed by atoms with van der Waals surface area (Å²) >= 11 is 0.902. The Labute approximate surface area is 226 Å². The molecule has 0 saturated carbocycles. The van der Waals surface area contributed by atoms with E-state index >= 15 is 0 Å². The van der Waals surface area contributed by atoms with Gasteiger partial charge < -0.3 is 30.8 Å². The summed E-state index contributed by atoms with van der Waals surface area (Å²) in [6.45, 7) is 0.591. The quantitative estimate of drug-likeness (QED) is 0.0418. The number of aromatic nitrogens is 3. The fraction of sp³-hybridized carbons (Fsp3) is 0.200. The van der Waals surface area contributed by atoms with Gasteiger partial charge in [-0.05, 0) is 6.92 Å². The number of aromatic carboxylic acids is 1. The first-order valence-corrected chi connectivity index (χ1v) is 13.0. The largest absolute Gasteiger partial charge is 0.504 e. The number of thiazole rings is 1. The molecular formula is C20H17N7O11S2. The number of hydrogen-bond donors (Lipinski definition) is 6. The number of β-lactam (4-membered cyclic amide) rings is 1. The predicted octanol–water partition coefficient (Wildman–Crippen LogP) is -0.797. The molecule has 0 spiro atoms. The van der Waals surface area contributed by atoms with Crippen LogP contribution in [0.2, 0.25) is 0 Å². The van der Waals surface area contributed by atoms with Crippen LogP contribution in [-0.2, 0) is 36.1 Å². The van der Waals surface area contributed by atoms with Gasteiger partial charge in [-0.3, -0.25) is 18.9 Å². The summed E-state index contributed by atoms with van der Waals surface area (Å²) in [5.74, 6) is -4.77. The Morgan fingerprint density at radius 1 is 1.20 bits per heavy atom. The molecule has 1 fully saturated rings. The maximum absolute atomic E-state index is 13.0. The number of nitrogens with one attached hydrogen (secondary N) is 2. The van der Waals surface area contributed by atoms with Gasteiger partial charge in [0.2, 0.25) is 6.41 Å². The third-order valence-corrected chi connectivity index (χ3v) is 7.19. The van der Waals surface area contributed by atoms with Crippen molar-refractivity contribution in [1.29, 1.82) is 0 Å². The lowest BCUT2D eigenvalue weighted by atomic mass is 10.0. The maximum atomic E-state index is 13.0. The number of oxime groups is 1. The van der Waals surface area contributed by atoms with Crippen LogP contribution >= 0.6 is 11.3 Å². The topological polar surface area (TPSA) is 271 Å². The van der Waals surface area contributed by atoms with Crippen molar-refractivity contribution >= 4 is 67.7 Å². The highest BCUT2D eigenvalue weighted by atomic mass is 32.2. The van der Waals surface area contributed by atoms with Gasteiger partial charge in [-0.2, -0.15) is 8.42 Å². The van der Waals surface area contributed by atoms with E-state index in [1.165, 1.54) is 12.3 Å². The number of nitrogens with zero attached hydrogens (tertiary/aromatic N) is 5. The molecule has 2 atom stereocenters. The van der Waals surface area contributed by atoms with Crippen LogP contribution < -0.4 is 10.6 Å². The van der Waals surface area contributed by atoms with Crippen LogP contribution in [0.25, 0.3) is 11.0 Å². The van der Waals surface area contributed by atoms with E-state index in [0.717, 1.165) is 23.5 Å². The van der Waals surface area contributed by atoms with Gasteiger partial charge in [-0.1, -0.05) is 5.16 Å². The number of phenols is 2. The highest BCUT2D eigenvalue weighted by molar-refractivity contribution is 7.84. The van der Waals surface area contributed by atoms with Crippen LogP contribution in [0.1, 0.15) is 28.8 Å². The first kappa shape index (κ1) is 28.1. The van der Waals surface area contributed by atoms with E-state index in [4.69, 9.17) is 9.39 Å². The number of carboxylic acids is 1. The monoisotopic (exact) mass is 595 g/mol. The maximum Gasteiger partial charge on any atom is 0.362 e. The van der Waals surface area contributed by atoms with Crippen molar-refractivity contribution in [3.8, 4) is 11.5 Å². The van der Waals surface area contributed by atoms with Gasteiger partial charge in [0.15, 0.2) is 34.6 Å². The average molecular weight is 596 g/mol. The van der Waals surface area contributed by atoms with E-state index in [1.807, 2.05) is 0 Å². The molecule has 40 heavy (non-hydrogen) atoms. The molecule has 20 heteroatoms. The third kappa shape index (κ3) is 5.43. The summed E-state index contributed by atoms with van der Waals surface area (Å²) in [7, 11) is -4.85. The van der Waals surface area contributed by atoms with E-state index in [9.17, 15) is 42.9 Å². The molecule has 0 bridgehead atoms. The van der Waals surface area contributed by atoms with Gasteiger partial charge in [0.25, 0.3) is 11.8 Å². The number of rotatable bonds is 10. The molecule has 1 aliphatic rings. The van der Waals surface area contributed by atoms with E-state index in [1.54, 1.807) is 0 Å². The second-order valence-corrected chi connectivity index (χ2v) is 10.1. The molecule has 4 rings (SSSR count). The normalized spacial score (nSPS) is 17.3. The van der Waals surface area contributed by atoms with Crippen molar-refractivity contribution in [1.82, 2.24) is 24.6 Å². The second-order valence-electron chi connectivity index (χ2n) is 7.97.